The summed E-state index contributed by atoms with van der Waals surface area (Å²) in [5, 5.41) is 3.30. The fourth-order valence-electron chi connectivity index (χ4n) is 3.37. The van der Waals surface area contributed by atoms with E-state index in [-0.39, 0.29) is 11.8 Å². The van der Waals surface area contributed by atoms with E-state index in [1.165, 1.54) is 0 Å². The van der Waals surface area contributed by atoms with Crippen molar-refractivity contribution in [3.63, 3.8) is 0 Å². The highest BCUT2D eigenvalue weighted by Gasteiger charge is 2.24. The molecule has 5 nitrogen and oxygen atoms in total. The maximum absolute atomic E-state index is 12.8. The lowest BCUT2D eigenvalue weighted by atomic mass is 10.00. The average Bonchev–Trinajstić information content (AvgIpc) is 2.73. The van der Waals surface area contributed by atoms with E-state index in [1.54, 1.807) is 53.7 Å². The molecule has 3 aromatic rings. The first-order valence-electron chi connectivity index (χ1n) is 9.04. The highest BCUT2D eigenvalue weighted by molar-refractivity contribution is 6.34. The van der Waals surface area contributed by atoms with Gasteiger partial charge in [-0.05, 0) is 60.9 Å². The fourth-order valence-corrected chi connectivity index (χ4v) is 3.60. The normalized spacial score (nSPS) is 13.0. The van der Waals surface area contributed by atoms with Crippen molar-refractivity contribution < 1.29 is 9.59 Å². The van der Waals surface area contributed by atoms with Crippen LogP contribution in [0.15, 0.2) is 67.0 Å². The number of aryl methyl sites for hydroxylation is 1. The molecule has 2 amide bonds. The highest BCUT2D eigenvalue weighted by atomic mass is 35.5. The van der Waals surface area contributed by atoms with Crippen LogP contribution in [0.5, 0.6) is 0 Å². The molecule has 28 heavy (non-hydrogen) atoms. The van der Waals surface area contributed by atoms with Crippen LogP contribution in [0.3, 0.4) is 0 Å². The molecule has 0 atom stereocenters. The van der Waals surface area contributed by atoms with Crippen LogP contribution in [-0.4, -0.2) is 23.3 Å². The molecule has 1 N–H and O–H groups in total. The number of hydrogen-bond acceptors (Lipinski definition) is 3. The Bertz CT molecular complexity index is 1040. The topological polar surface area (TPSA) is 62.3 Å². The lowest BCUT2D eigenvalue weighted by Crippen LogP contribution is -2.35. The van der Waals surface area contributed by atoms with E-state index in [4.69, 9.17) is 11.6 Å². The molecule has 4 rings (SSSR count). The third-order valence-electron chi connectivity index (χ3n) is 4.73. The quantitative estimate of drug-likeness (QED) is 0.710. The molecular weight excluding hydrogens is 374 g/mol. The first-order valence-corrected chi connectivity index (χ1v) is 9.42. The Hall–Kier alpha value is -3.18. The van der Waals surface area contributed by atoms with Gasteiger partial charge in [0.25, 0.3) is 11.8 Å². The Morgan fingerprint density at radius 1 is 1.07 bits per heavy atom. The first kappa shape index (κ1) is 18.2. The Kier molecular flexibility index (Phi) is 5.08. The number of anilines is 2. The zero-order valence-electron chi connectivity index (χ0n) is 15.1. The maximum atomic E-state index is 12.8. The van der Waals surface area contributed by atoms with Gasteiger partial charge in [0.15, 0.2) is 0 Å². The van der Waals surface area contributed by atoms with E-state index in [2.05, 4.69) is 10.3 Å². The number of halogens is 1. The van der Waals surface area contributed by atoms with Gasteiger partial charge < -0.3 is 10.2 Å². The largest absolute Gasteiger partial charge is 0.322 e. The van der Waals surface area contributed by atoms with E-state index >= 15 is 0 Å². The number of aromatic nitrogens is 1. The van der Waals surface area contributed by atoms with E-state index in [0.29, 0.717) is 28.4 Å². The van der Waals surface area contributed by atoms with Crippen LogP contribution >= 0.6 is 11.6 Å². The fraction of sp³-hybridized carbons (Fsp3) is 0.136. The summed E-state index contributed by atoms with van der Waals surface area (Å²) in [4.78, 5) is 31.1. The molecule has 6 heteroatoms. The van der Waals surface area contributed by atoms with Crippen LogP contribution in [-0.2, 0) is 6.42 Å². The number of nitrogens with one attached hydrogen (secondary N) is 1. The van der Waals surface area contributed by atoms with Crippen molar-refractivity contribution in [2.24, 2.45) is 0 Å². The Morgan fingerprint density at radius 2 is 1.93 bits per heavy atom. The molecule has 140 valence electrons. The molecule has 0 radical (unpaired) electrons. The number of carbonyl (C=O) groups excluding carboxylic acids is 2. The number of hydrogen-bond donors (Lipinski definition) is 1. The van der Waals surface area contributed by atoms with Crippen LogP contribution < -0.4 is 10.2 Å². The van der Waals surface area contributed by atoms with Crippen molar-refractivity contribution in [3.8, 4) is 0 Å². The summed E-state index contributed by atoms with van der Waals surface area (Å²) in [5.74, 6) is -0.327. The van der Waals surface area contributed by atoms with Crippen molar-refractivity contribution in [2.45, 2.75) is 12.8 Å². The number of carbonyl (C=O) groups is 2. The zero-order chi connectivity index (χ0) is 19.5. The lowest BCUT2D eigenvalue weighted by molar-refractivity contribution is 0.0983. The smallest absolute Gasteiger partial charge is 0.259 e. The second-order valence-electron chi connectivity index (χ2n) is 6.58. The number of rotatable bonds is 3. The molecule has 1 aliphatic heterocycles. The molecule has 0 fully saturated rings. The lowest BCUT2D eigenvalue weighted by Gasteiger charge is -2.30. The minimum absolute atomic E-state index is 0.0677. The molecule has 0 aliphatic carbocycles. The summed E-state index contributed by atoms with van der Waals surface area (Å²) in [5.41, 5.74) is 3.57. The molecule has 0 saturated heterocycles. The highest BCUT2D eigenvalue weighted by Crippen LogP contribution is 2.31. The third kappa shape index (κ3) is 3.62. The molecule has 0 bridgehead atoms. The van der Waals surface area contributed by atoms with Crippen molar-refractivity contribution >= 4 is 34.8 Å². The number of fused-ring (bicyclic) bond motifs is 1. The summed E-state index contributed by atoms with van der Waals surface area (Å²) in [6.45, 7) is 0.659. The van der Waals surface area contributed by atoms with Crippen LogP contribution in [0.4, 0.5) is 11.4 Å². The van der Waals surface area contributed by atoms with Crippen molar-refractivity contribution in [2.75, 3.05) is 16.8 Å². The van der Waals surface area contributed by atoms with Gasteiger partial charge in [-0.25, -0.2) is 0 Å². The predicted octanol–water partition coefficient (Wildman–Crippen LogP) is 4.58. The van der Waals surface area contributed by atoms with Gasteiger partial charge in [-0.3, -0.25) is 14.6 Å². The summed E-state index contributed by atoms with van der Waals surface area (Å²) in [6, 6.07) is 16.1. The van der Waals surface area contributed by atoms with Crippen molar-refractivity contribution in [1.29, 1.82) is 0 Å². The van der Waals surface area contributed by atoms with E-state index in [1.807, 2.05) is 18.2 Å². The minimum atomic E-state index is -0.260. The monoisotopic (exact) mass is 391 g/mol. The minimum Gasteiger partial charge on any atom is -0.322 e. The maximum Gasteiger partial charge on any atom is 0.259 e. The molecule has 1 aliphatic rings. The van der Waals surface area contributed by atoms with Crippen LogP contribution in [0.2, 0.25) is 5.02 Å². The third-order valence-corrected chi connectivity index (χ3v) is 5.06. The van der Waals surface area contributed by atoms with Gasteiger partial charge >= 0.3 is 0 Å². The van der Waals surface area contributed by atoms with Gasteiger partial charge in [0.1, 0.15) is 0 Å². The zero-order valence-corrected chi connectivity index (χ0v) is 15.8. The summed E-state index contributed by atoms with van der Waals surface area (Å²) in [6.07, 6.45) is 4.94. The first-order chi connectivity index (χ1) is 13.6. The predicted molar refractivity (Wildman–Crippen MR) is 110 cm³/mol. The molecule has 1 aromatic heterocycles. The van der Waals surface area contributed by atoms with Gasteiger partial charge in [0.05, 0.1) is 16.1 Å². The number of amides is 2. The van der Waals surface area contributed by atoms with E-state index in [0.717, 1.165) is 24.1 Å². The summed E-state index contributed by atoms with van der Waals surface area (Å²) >= 11 is 6.10. The average molecular weight is 392 g/mol. The second kappa shape index (κ2) is 7.82. The molecule has 2 heterocycles. The van der Waals surface area contributed by atoms with Gasteiger partial charge in [-0.1, -0.05) is 23.7 Å². The molecule has 0 unspecified atom stereocenters. The molecule has 0 saturated carbocycles. The molecular formula is C22H18ClN3O2. The second-order valence-corrected chi connectivity index (χ2v) is 6.99. The van der Waals surface area contributed by atoms with Crippen molar-refractivity contribution in [3.05, 3.63) is 88.7 Å². The van der Waals surface area contributed by atoms with Gasteiger partial charge in [0.2, 0.25) is 0 Å². The van der Waals surface area contributed by atoms with Gasteiger partial charge in [-0.2, -0.15) is 0 Å². The number of pyridine rings is 1. The molecule has 0 spiro atoms. The van der Waals surface area contributed by atoms with Gasteiger partial charge in [-0.15, -0.1) is 0 Å². The van der Waals surface area contributed by atoms with Crippen LogP contribution in [0.25, 0.3) is 0 Å². The van der Waals surface area contributed by atoms with Gasteiger partial charge in [0, 0.05) is 30.3 Å². The van der Waals surface area contributed by atoms with E-state index < -0.39 is 0 Å². The van der Waals surface area contributed by atoms with Crippen LogP contribution in [0, 0.1) is 0 Å². The molecule has 2 aromatic carbocycles. The van der Waals surface area contributed by atoms with Crippen molar-refractivity contribution in [1.82, 2.24) is 4.98 Å². The van der Waals surface area contributed by atoms with Crippen LogP contribution in [0.1, 0.15) is 32.7 Å². The summed E-state index contributed by atoms with van der Waals surface area (Å²) in [7, 11) is 0. The SMILES string of the molecule is O=C(Nc1ccc2c(c1)CCCN2C(=O)c1cccnc1)c1ccccc1Cl. The number of benzene rings is 2. The summed E-state index contributed by atoms with van der Waals surface area (Å²) < 4.78 is 0. The Labute approximate surface area is 168 Å². The van der Waals surface area contributed by atoms with E-state index in [9.17, 15) is 9.59 Å². The Morgan fingerprint density at radius 3 is 2.71 bits per heavy atom. The Balaban J connectivity index is 1.58. The standard InChI is InChI=1S/C22H18ClN3O2/c23-19-8-2-1-7-18(19)21(27)25-17-9-10-20-15(13-17)6-4-12-26(20)22(28)16-5-3-11-24-14-16/h1-3,5,7-11,13-14H,4,6,12H2,(H,25,27). The number of nitrogens with zero attached hydrogens (tertiary/aromatic N) is 2.